The molecule has 0 saturated heterocycles. The molecule has 1 unspecified atom stereocenters. The molecule has 1 atom stereocenters. The van der Waals surface area contributed by atoms with Crippen LogP contribution in [0.1, 0.15) is 36.7 Å². The molecule has 6 heteroatoms. The van der Waals surface area contributed by atoms with E-state index in [2.05, 4.69) is 26.2 Å². The Hall–Kier alpha value is -1.82. The number of para-hydroxylation sites is 1. The van der Waals surface area contributed by atoms with Gasteiger partial charge in [0.05, 0.1) is 4.47 Å². The number of amides is 1. The molecule has 1 amide bonds. The highest BCUT2D eigenvalue weighted by atomic mass is 79.9. The number of unbranched alkanes of at least 4 members (excludes halogenated alkanes) is 1. The van der Waals surface area contributed by atoms with Gasteiger partial charge in [-0.05, 0) is 28.4 Å². The summed E-state index contributed by atoms with van der Waals surface area (Å²) in [5, 5.41) is 12.6. The summed E-state index contributed by atoms with van der Waals surface area (Å²) >= 11 is 3.39. The molecule has 0 saturated carbocycles. The van der Waals surface area contributed by atoms with Crippen LogP contribution in [0.3, 0.4) is 0 Å². The number of aromatic amines is 1. The molecule has 21 heavy (non-hydrogen) atoms. The molecule has 1 aromatic carbocycles. The maximum absolute atomic E-state index is 12.3. The first-order valence-electron chi connectivity index (χ1n) is 6.84. The SMILES string of the molecule is CCCCC(NC(=O)c1[nH]c2ccccc2c1Br)C(=O)O. The number of rotatable bonds is 6. The van der Waals surface area contributed by atoms with Crippen molar-refractivity contribution in [3.8, 4) is 0 Å². The van der Waals surface area contributed by atoms with E-state index >= 15 is 0 Å². The average Bonchev–Trinajstić information content (AvgIpc) is 2.81. The number of carbonyl (C=O) groups excluding carboxylic acids is 1. The van der Waals surface area contributed by atoms with Crippen LogP contribution in [0, 0.1) is 0 Å². The van der Waals surface area contributed by atoms with Gasteiger partial charge < -0.3 is 15.4 Å². The zero-order valence-electron chi connectivity index (χ0n) is 11.6. The molecule has 0 bridgehead atoms. The van der Waals surface area contributed by atoms with E-state index in [1.54, 1.807) is 0 Å². The smallest absolute Gasteiger partial charge is 0.326 e. The van der Waals surface area contributed by atoms with Crippen molar-refractivity contribution in [2.45, 2.75) is 32.2 Å². The number of benzene rings is 1. The fourth-order valence-electron chi connectivity index (χ4n) is 2.16. The van der Waals surface area contributed by atoms with E-state index in [9.17, 15) is 9.59 Å². The quantitative estimate of drug-likeness (QED) is 0.745. The topological polar surface area (TPSA) is 82.2 Å². The zero-order valence-corrected chi connectivity index (χ0v) is 13.2. The summed E-state index contributed by atoms with van der Waals surface area (Å²) in [6.45, 7) is 1.98. The van der Waals surface area contributed by atoms with E-state index in [-0.39, 0.29) is 0 Å². The van der Waals surface area contributed by atoms with Crippen LogP contribution >= 0.6 is 15.9 Å². The first kappa shape index (κ1) is 15.6. The van der Waals surface area contributed by atoms with Crippen LogP contribution in [-0.2, 0) is 4.79 Å². The number of H-pyrrole nitrogens is 1. The van der Waals surface area contributed by atoms with Crippen molar-refractivity contribution >= 4 is 38.7 Å². The van der Waals surface area contributed by atoms with Crippen LogP contribution in [0.5, 0.6) is 0 Å². The molecule has 0 aliphatic heterocycles. The molecule has 5 nitrogen and oxygen atoms in total. The normalized spacial score (nSPS) is 12.3. The second-order valence-corrected chi connectivity index (χ2v) is 5.66. The highest BCUT2D eigenvalue weighted by Gasteiger charge is 2.23. The van der Waals surface area contributed by atoms with E-state index in [1.807, 2.05) is 31.2 Å². The Morgan fingerprint density at radius 3 is 2.71 bits per heavy atom. The minimum atomic E-state index is -1.01. The summed E-state index contributed by atoms with van der Waals surface area (Å²) < 4.78 is 0.648. The fraction of sp³-hybridized carbons (Fsp3) is 0.333. The van der Waals surface area contributed by atoms with Crippen molar-refractivity contribution in [3.63, 3.8) is 0 Å². The van der Waals surface area contributed by atoms with Crippen molar-refractivity contribution < 1.29 is 14.7 Å². The van der Waals surface area contributed by atoms with Crippen LogP contribution in [0.2, 0.25) is 0 Å². The lowest BCUT2D eigenvalue weighted by atomic mass is 10.1. The summed E-state index contributed by atoms with van der Waals surface area (Å²) in [5.74, 6) is -1.43. The number of hydrogen-bond acceptors (Lipinski definition) is 2. The molecular weight excluding hydrogens is 336 g/mol. The van der Waals surface area contributed by atoms with Crippen molar-refractivity contribution in [3.05, 3.63) is 34.4 Å². The maximum atomic E-state index is 12.3. The predicted octanol–water partition coefficient (Wildman–Crippen LogP) is 3.30. The average molecular weight is 353 g/mol. The van der Waals surface area contributed by atoms with Crippen LogP contribution < -0.4 is 5.32 Å². The van der Waals surface area contributed by atoms with Gasteiger partial charge in [-0.2, -0.15) is 0 Å². The van der Waals surface area contributed by atoms with Crippen LogP contribution in [0.4, 0.5) is 0 Å². The third kappa shape index (κ3) is 3.44. The molecule has 0 aliphatic carbocycles. The molecule has 1 heterocycles. The van der Waals surface area contributed by atoms with E-state index in [0.717, 1.165) is 23.7 Å². The highest BCUT2D eigenvalue weighted by Crippen LogP contribution is 2.27. The molecule has 0 aliphatic rings. The Balaban J connectivity index is 2.21. The van der Waals surface area contributed by atoms with Crippen LogP contribution in [0.15, 0.2) is 28.7 Å². The van der Waals surface area contributed by atoms with Crippen molar-refractivity contribution in [2.75, 3.05) is 0 Å². The van der Waals surface area contributed by atoms with E-state index in [0.29, 0.717) is 16.6 Å². The molecule has 0 fully saturated rings. The predicted molar refractivity (Wildman–Crippen MR) is 84.4 cm³/mol. The first-order valence-corrected chi connectivity index (χ1v) is 7.63. The van der Waals surface area contributed by atoms with Gasteiger partial charge in [0.15, 0.2) is 0 Å². The Morgan fingerprint density at radius 2 is 2.10 bits per heavy atom. The van der Waals surface area contributed by atoms with Crippen LogP contribution in [0.25, 0.3) is 10.9 Å². The Kier molecular flexibility index (Phi) is 5.01. The summed E-state index contributed by atoms with van der Waals surface area (Å²) in [5.41, 5.74) is 1.17. The molecule has 2 rings (SSSR count). The molecular formula is C15H17BrN2O3. The van der Waals surface area contributed by atoms with Gasteiger partial charge in [-0.3, -0.25) is 4.79 Å². The second kappa shape index (κ2) is 6.76. The molecule has 1 aromatic heterocycles. The summed E-state index contributed by atoms with van der Waals surface area (Å²) in [4.78, 5) is 26.5. The number of carbonyl (C=O) groups is 2. The van der Waals surface area contributed by atoms with E-state index in [1.165, 1.54) is 0 Å². The number of carboxylic acid groups (broad SMARTS) is 1. The van der Waals surface area contributed by atoms with Gasteiger partial charge in [-0.25, -0.2) is 4.79 Å². The molecule has 3 N–H and O–H groups in total. The number of aromatic nitrogens is 1. The molecule has 112 valence electrons. The van der Waals surface area contributed by atoms with Crippen molar-refractivity contribution in [1.82, 2.24) is 10.3 Å². The zero-order chi connectivity index (χ0) is 15.4. The van der Waals surface area contributed by atoms with Gasteiger partial charge >= 0.3 is 5.97 Å². The number of hydrogen-bond donors (Lipinski definition) is 3. The number of halogens is 1. The monoisotopic (exact) mass is 352 g/mol. The van der Waals surface area contributed by atoms with Gasteiger partial charge in [0.1, 0.15) is 11.7 Å². The molecule has 0 radical (unpaired) electrons. The second-order valence-electron chi connectivity index (χ2n) is 4.87. The lowest BCUT2D eigenvalue weighted by Crippen LogP contribution is -2.41. The van der Waals surface area contributed by atoms with E-state index in [4.69, 9.17) is 5.11 Å². The van der Waals surface area contributed by atoms with Crippen molar-refractivity contribution in [2.24, 2.45) is 0 Å². The van der Waals surface area contributed by atoms with Crippen LogP contribution in [-0.4, -0.2) is 28.0 Å². The molecule has 2 aromatic rings. The maximum Gasteiger partial charge on any atom is 0.326 e. The Labute approximate surface area is 130 Å². The molecule has 0 spiro atoms. The number of carboxylic acids is 1. The number of aliphatic carboxylic acids is 1. The van der Waals surface area contributed by atoms with E-state index < -0.39 is 17.9 Å². The third-order valence-electron chi connectivity index (χ3n) is 3.32. The highest BCUT2D eigenvalue weighted by molar-refractivity contribution is 9.10. The Bertz CT molecular complexity index is 666. The largest absolute Gasteiger partial charge is 0.480 e. The lowest BCUT2D eigenvalue weighted by Gasteiger charge is -2.13. The fourth-order valence-corrected chi connectivity index (χ4v) is 2.79. The lowest BCUT2D eigenvalue weighted by molar-refractivity contribution is -0.139. The minimum Gasteiger partial charge on any atom is -0.480 e. The van der Waals surface area contributed by atoms with Gasteiger partial charge in [0, 0.05) is 10.9 Å². The minimum absolute atomic E-state index is 0.346. The van der Waals surface area contributed by atoms with Gasteiger partial charge in [0.25, 0.3) is 5.91 Å². The number of fused-ring (bicyclic) bond motifs is 1. The Morgan fingerprint density at radius 1 is 1.38 bits per heavy atom. The van der Waals surface area contributed by atoms with Gasteiger partial charge in [0.2, 0.25) is 0 Å². The van der Waals surface area contributed by atoms with Crippen molar-refractivity contribution in [1.29, 1.82) is 0 Å². The first-order chi connectivity index (χ1) is 10.0. The summed E-state index contributed by atoms with van der Waals surface area (Å²) in [6, 6.07) is 6.63. The summed E-state index contributed by atoms with van der Waals surface area (Å²) in [7, 11) is 0. The standard InChI is InChI=1S/C15H17BrN2O3/c1-2-3-7-11(15(20)21)18-14(19)13-12(16)9-6-4-5-8-10(9)17-13/h4-6,8,11,17H,2-3,7H2,1H3,(H,18,19)(H,20,21). The summed E-state index contributed by atoms with van der Waals surface area (Å²) in [6.07, 6.45) is 2.07. The third-order valence-corrected chi connectivity index (χ3v) is 4.14. The number of nitrogens with one attached hydrogen (secondary N) is 2. The van der Waals surface area contributed by atoms with Gasteiger partial charge in [-0.15, -0.1) is 0 Å². The van der Waals surface area contributed by atoms with Gasteiger partial charge in [-0.1, -0.05) is 38.0 Å².